The predicted octanol–water partition coefficient (Wildman–Crippen LogP) is 11.7. The van der Waals surface area contributed by atoms with E-state index in [0.29, 0.717) is 17.6 Å². The van der Waals surface area contributed by atoms with Gasteiger partial charge in [0.1, 0.15) is 0 Å². The Bertz CT molecular complexity index is 3120. The molecule has 3 aromatic heterocycles. The van der Waals surface area contributed by atoms with Crippen molar-refractivity contribution in [1.29, 1.82) is 0 Å². The fourth-order valence-corrected chi connectivity index (χ4v) is 7.97. The molecule has 0 aliphatic heterocycles. The van der Waals surface area contributed by atoms with E-state index >= 15 is 0 Å². The van der Waals surface area contributed by atoms with Crippen molar-refractivity contribution in [3.63, 3.8) is 0 Å². The van der Waals surface area contributed by atoms with Crippen LogP contribution in [-0.4, -0.2) is 24.1 Å². The summed E-state index contributed by atoms with van der Waals surface area (Å²) in [6, 6.07) is 62.1. The maximum atomic E-state index is 5.14. The molecule has 5 heteroatoms. The summed E-state index contributed by atoms with van der Waals surface area (Å²) in [6.07, 6.45) is 0. The molecule has 0 unspecified atom stereocenters. The first-order valence-electron chi connectivity index (χ1n) is 17.5. The summed E-state index contributed by atoms with van der Waals surface area (Å²) in [5.41, 5.74) is 7.48. The van der Waals surface area contributed by atoms with Crippen LogP contribution in [0.15, 0.2) is 176 Å². The number of fused-ring (bicyclic) bond motifs is 9. The SMILES string of the molecule is c1ccc(-c2nc(-c3ccccc3)nc(-n3c4ccccc4c4cc5ccc(-n6c7ccccc7c7c8ccccc8ccc76)cc5cc43)n2)cc1. The Labute approximate surface area is 298 Å². The minimum Gasteiger partial charge on any atom is -0.309 e. The standard InChI is InChI=1S/C47H29N5/c1-3-14-31(15-4-1)45-48-46(32-16-5-2-6-17-32)50-47(49-45)52-40-21-11-9-19-37(40)39-28-33-23-25-35(27-34(33)29-43(39)52)51-41-22-12-10-20-38(41)44-36-18-8-7-13-30(36)24-26-42(44)51/h1-29H. The van der Waals surface area contributed by atoms with E-state index < -0.39 is 0 Å². The molecule has 0 N–H and O–H groups in total. The van der Waals surface area contributed by atoms with E-state index in [4.69, 9.17) is 15.0 Å². The lowest BCUT2D eigenvalue weighted by Gasteiger charge is -2.12. The van der Waals surface area contributed by atoms with Gasteiger partial charge in [0.15, 0.2) is 11.6 Å². The highest BCUT2D eigenvalue weighted by molar-refractivity contribution is 6.21. The molecular weight excluding hydrogens is 635 g/mol. The van der Waals surface area contributed by atoms with Crippen molar-refractivity contribution < 1.29 is 0 Å². The Kier molecular flexibility index (Phi) is 6.18. The number of hydrogen-bond acceptors (Lipinski definition) is 3. The van der Waals surface area contributed by atoms with Gasteiger partial charge in [0.2, 0.25) is 5.95 Å². The molecule has 0 saturated heterocycles. The van der Waals surface area contributed by atoms with Gasteiger partial charge in [-0.1, -0.05) is 133 Å². The van der Waals surface area contributed by atoms with Crippen molar-refractivity contribution in [2.75, 3.05) is 0 Å². The van der Waals surface area contributed by atoms with Crippen LogP contribution in [0, 0.1) is 0 Å². The Morgan fingerprint density at radius 2 is 0.923 bits per heavy atom. The normalized spacial score (nSPS) is 11.8. The second-order valence-electron chi connectivity index (χ2n) is 13.3. The van der Waals surface area contributed by atoms with Crippen molar-refractivity contribution in [1.82, 2.24) is 24.1 Å². The second kappa shape index (κ2) is 11.2. The van der Waals surface area contributed by atoms with Crippen molar-refractivity contribution in [3.8, 4) is 34.4 Å². The summed E-state index contributed by atoms with van der Waals surface area (Å²) in [6.45, 7) is 0. The van der Waals surface area contributed by atoms with Crippen molar-refractivity contribution in [2.45, 2.75) is 0 Å². The third-order valence-electron chi connectivity index (χ3n) is 10.3. The lowest BCUT2D eigenvalue weighted by atomic mass is 10.0. The zero-order chi connectivity index (χ0) is 34.2. The van der Waals surface area contributed by atoms with Crippen LogP contribution >= 0.6 is 0 Å². The van der Waals surface area contributed by atoms with Gasteiger partial charge in [-0.25, -0.2) is 4.98 Å². The summed E-state index contributed by atoms with van der Waals surface area (Å²) in [4.78, 5) is 15.2. The van der Waals surface area contributed by atoms with E-state index in [1.807, 2.05) is 60.7 Å². The maximum absolute atomic E-state index is 5.14. The third-order valence-corrected chi connectivity index (χ3v) is 10.3. The molecule has 0 radical (unpaired) electrons. The van der Waals surface area contributed by atoms with Gasteiger partial charge in [-0.05, 0) is 64.0 Å². The molecule has 242 valence electrons. The molecule has 11 aromatic rings. The number of benzene rings is 8. The molecule has 5 nitrogen and oxygen atoms in total. The zero-order valence-corrected chi connectivity index (χ0v) is 28.0. The monoisotopic (exact) mass is 663 g/mol. The smallest absolute Gasteiger partial charge is 0.238 e. The molecule has 0 spiro atoms. The van der Waals surface area contributed by atoms with Crippen LogP contribution in [-0.2, 0) is 0 Å². The second-order valence-corrected chi connectivity index (χ2v) is 13.3. The summed E-state index contributed by atoms with van der Waals surface area (Å²) in [5.74, 6) is 1.86. The minimum absolute atomic E-state index is 0.587. The molecule has 0 aliphatic carbocycles. The van der Waals surface area contributed by atoms with Gasteiger partial charge >= 0.3 is 0 Å². The van der Waals surface area contributed by atoms with Crippen LogP contribution < -0.4 is 0 Å². The molecule has 0 fully saturated rings. The molecule has 8 aromatic carbocycles. The van der Waals surface area contributed by atoms with E-state index in [9.17, 15) is 0 Å². The van der Waals surface area contributed by atoms with Gasteiger partial charge in [0, 0.05) is 38.4 Å². The first-order chi connectivity index (χ1) is 25.8. The summed E-state index contributed by atoms with van der Waals surface area (Å²) < 4.78 is 4.60. The van der Waals surface area contributed by atoms with Gasteiger partial charge in [-0.15, -0.1) is 0 Å². The van der Waals surface area contributed by atoms with Gasteiger partial charge in [-0.2, -0.15) is 9.97 Å². The van der Waals surface area contributed by atoms with Gasteiger partial charge < -0.3 is 4.57 Å². The maximum Gasteiger partial charge on any atom is 0.238 e. The molecule has 0 bridgehead atoms. The van der Waals surface area contributed by atoms with Gasteiger partial charge in [0.05, 0.1) is 22.1 Å². The third kappa shape index (κ3) is 4.33. The van der Waals surface area contributed by atoms with Crippen LogP contribution in [0.25, 0.3) is 99.6 Å². The van der Waals surface area contributed by atoms with E-state index in [1.54, 1.807) is 0 Å². The number of aromatic nitrogens is 5. The van der Waals surface area contributed by atoms with E-state index in [2.05, 4.69) is 124 Å². The topological polar surface area (TPSA) is 48.5 Å². The van der Waals surface area contributed by atoms with E-state index in [1.165, 1.54) is 38.0 Å². The number of nitrogens with zero attached hydrogens (tertiary/aromatic N) is 5. The molecule has 0 saturated carbocycles. The molecule has 52 heavy (non-hydrogen) atoms. The van der Waals surface area contributed by atoms with Crippen LogP contribution in [0.3, 0.4) is 0 Å². The lowest BCUT2D eigenvalue weighted by molar-refractivity contribution is 0.954. The molecule has 0 amide bonds. The Morgan fingerprint density at radius 3 is 1.65 bits per heavy atom. The first-order valence-corrected chi connectivity index (χ1v) is 17.5. The van der Waals surface area contributed by atoms with Gasteiger partial charge in [-0.3, -0.25) is 4.57 Å². The number of hydrogen-bond donors (Lipinski definition) is 0. The predicted molar refractivity (Wildman–Crippen MR) is 214 cm³/mol. The number of para-hydroxylation sites is 2. The highest BCUT2D eigenvalue weighted by Crippen LogP contribution is 2.39. The largest absolute Gasteiger partial charge is 0.309 e. The summed E-state index contributed by atoms with van der Waals surface area (Å²) in [5, 5.41) is 9.67. The van der Waals surface area contributed by atoms with E-state index in [0.717, 1.165) is 44.0 Å². The van der Waals surface area contributed by atoms with Gasteiger partial charge in [0.25, 0.3) is 0 Å². The van der Waals surface area contributed by atoms with Crippen LogP contribution in [0.4, 0.5) is 0 Å². The number of rotatable bonds is 4. The molecular formula is C47H29N5. The summed E-state index contributed by atoms with van der Waals surface area (Å²) >= 11 is 0. The zero-order valence-electron chi connectivity index (χ0n) is 28.0. The van der Waals surface area contributed by atoms with Crippen molar-refractivity contribution >= 4 is 65.2 Å². The van der Waals surface area contributed by atoms with Crippen molar-refractivity contribution in [3.05, 3.63) is 176 Å². The Balaban J connectivity index is 1.18. The lowest BCUT2D eigenvalue weighted by Crippen LogP contribution is -2.06. The molecule has 0 atom stereocenters. The quantitative estimate of drug-likeness (QED) is 0.188. The highest BCUT2D eigenvalue weighted by Gasteiger charge is 2.19. The van der Waals surface area contributed by atoms with Crippen LogP contribution in [0.5, 0.6) is 0 Å². The average molecular weight is 664 g/mol. The first kappa shape index (κ1) is 28.7. The van der Waals surface area contributed by atoms with Crippen LogP contribution in [0.2, 0.25) is 0 Å². The fourth-order valence-electron chi connectivity index (χ4n) is 7.97. The summed E-state index contributed by atoms with van der Waals surface area (Å²) in [7, 11) is 0. The molecule has 0 aliphatic rings. The highest BCUT2D eigenvalue weighted by atomic mass is 15.2. The molecule has 3 heterocycles. The fraction of sp³-hybridized carbons (Fsp3) is 0. The Hall–Kier alpha value is -7.11. The van der Waals surface area contributed by atoms with Crippen LogP contribution in [0.1, 0.15) is 0 Å². The Morgan fingerprint density at radius 1 is 0.327 bits per heavy atom. The average Bonchev–Trinajstić information content (AvgIpc) is 3.73. The van der Waals surface area contributed by atoms with Crippen molar-refractivity contribution in [2.24, 2.45) is 0 Å². The molecule has 11 rings (SSSR count). The van der Waals surface area contributed by atoms with E-state index in [-0.39, 0.29) is 0 Å². The minimum atomic E-state index is 0.587.